The predicted molar refractivity (Wildman–Crippen MR) is 65.1 cm³/mol. The quantitative estimate of drug-likeness (QED) is 0.765. The zero-order valence-corrected chi connectivity index (χ0v) is 10.2. The number of likely N-dealkylation sites (tertiary alicyclic amines) is 1. The predicted octanol–water partition coefficient (Wildman–Crippen LogP) is 2.55. The molecular formula is C13H21N3. The maximum absolute atomic E-state index is 4.42. The van der Waals surface area contributed by atoms with E-state index in [2.05, 4.69) is 14.9 Å². The molecule has 0 bridgehead atoms. The molecule has 3 heteroatoms. The zero-order valence-electron chi connectivity index (χ0n) is 10.2. The molecule has 1 aromatic rings. The molecule has 88 valence electrons. The van der Waals surface area contributed by atoms with Gasteiger partial charge in [-0.15, -0.1) is 0 Å². The SMILES string of the molecule is Cc1cnc(CN2CCCCCCC2)cn1. The fraction of sp³-hybridized carbons (Fsp3) is 0.692. The van der Waals surface area contributed by atoms with E-state index < -0.39 is 0 Å². The van der Waals surface area contributed by atoms with Crippen molar-refractivity contribution in [2.45, 2.75) is 45.6 Å². The maximum Gasteiger partial charge on any atom is 0.0727 e. The molecule has 0 aliphatic carbocycles. The summed E-state index contributed by atoms with van der Waals surface area (Å²) in [4.78, 5) is 11.2. The number of hydrogen-bond donors (Lipinski definition) is 0. The zero-order chi connectivity index (χ0) is 11.2. The molecule has 1 fully saturated rings. The maximum atomic E-state index is 4.42. The van der Waals surface area contributed by atoms with Crippen LogP contribution in [0, 0.1) is 6.92 Å². The number of rotatable bonds is 2. The van der Waals surface area contributed by atoms with Gasteiger partial charge in [-0.3, -0.25) is 14.9 Å². The average molecular weight is 219 g/mol. The van der Waals surface area contributed by atoms with E-state index >= 15 is 0 Å². The molecule has 2 heterocycles. The van der Waals surface area contributed by atoms with Gasteiger partial charge in [-0.05, 0) is 32.9 Å². The fourth-order valence-corrected chi connectivity index (χ4v) is 2.20. The molecule has 0 radical (unpaired) electrons. The highest BCUT2D eigenvalue weighted by Gasteiger charge is 2.09. The van der Waals surface area contributed by atoms with Gasteiger partial charge in [0.05, 0.1) is 11.4 Å². The Kier molecular flexibility index (Phi) is 4.28. The van der Waals surface area contributed by atoms with Crippen molar-refractivity contribution in [2.24, 2.45) is 0 Å². The summed E-state index contributed by atoms with van der Waals surface area (Å²) in [6.07, 6.45) is 10.6. The molecule has 0 amide bonds. The lowest BCUT2D eigenvalue weighted by molar-refractivity contribution is 0.237. The van der Waals surface area contributed by atoms with Crippen molar-refractivity contribution in [3.63, 3.8) is 0 Å². The number of aromatic nitrogens is 2. The Labute approximate surface area is 97.9 Å². The van der Waals surface area contributed by atoms with E-state index in [0.717, 1.165) is 17.9 Å². The average Bonchev–Trinajstić information content (AvgIpc) is 2.25. The molecule has 0 spiro atoms. The molecule has 0 N–H and O–H groups in total. The van der Waals surface area contributed by atoms with Crippen LogP contribution in [0.3, 0.4) is 0 Å². The van der Waals surface area contributed by atoms with Crippen LogP contribution in [0.1, 0.15) is 43.5 Å². The van der Waals surface area contributed by atoms with Gasteiger partial charge in [-0.2, -0.15) is 0 Å². The third-order valence-electron chi connectivity index (χ3n) is 3.17. The molecule has 3 nitrogen and oxygen atoms in total. The molecule has 0 unspecified atom stereocenters. The minimum atomic E-state index is 0.966. The molecule has 1 aromatic heterocycles. The van der Waals surface area contributed by atoms with Crippen molar-refractivity contribution in [3.8, 4) is 0 Å². The van der Waals surface area contributed by atoms with Crippen molar-refractivity contribution in [1.82, 2.24) is 14.9 Å². The van der Waals surface area contributed by atoms with Gasteiger partial charge in [-0.25, -0.2) is 0 Å². The lowest BCUT2D eigenvalue weighted by atomic mass is 10.1. The van der Waals surface area contributed by atoms with Crippen molar-refractivity contribution >= 4 is 0 Å². The monoisotopic (exact) mass is 219 g/mol. The van der Waals surface area contributed by atoms with Crippen LogP contribution >= 0.6 is 0 Å². The van der Waals surface area contributed by atoms with Gasteiger partial charge in [0.15, 0.2) is 0 Å². The molecule has 1 aliphatic heterocycles. The minimum absolute atomic E-state index is 0.966. The van der Waals surface area contributed by atoms with Gasteiger partial charge in [0.1, 0.15) is 0 Å². The highest BCUT2D eigenvalue weighted by atomic mass is 15.1. The van der Waals surface area contributed by atoms with E-state index in [1.807, 2.05) is 19.3 Å². The Bertz CT molecular complexity index is 299. The van der Waals surface area contributed by atoms with E-state index in [9.17, 15) is 0 Å². The van der Waals surface area contributed by atoms with E-state index in [1.165, 1.54) is 45.2 Å². The molecule has 2 rings (SSSR count). The third kappa shape index (κ3) is 3.56. The molecule has 16 heavy (non-hydrogen) atoms. The summed E-state index contributed by atoms with van der Waals surface area (Å²) in [6.45, 7) is 5.38. The normalized spacial score (nSPS) is 19.1. The first-order valence-electron chi connectivity index (χ1n) is 6.34. The highest BCUT2D eigenvalue weighted by Crippen LogP contribution is 2.12. The van der Waals surface area contributed by atoms with Crippen LogP contribution in [0.2, 0.25) is 0 Å². The second-order valence-corrected chi connectivity index (χ2v) is 4.69. The van der Waals surface area contributed by atoms with Crippen LogP contribution in [-0.2, 0) is 6.54 Å². The number of hydrogen-bond acceptors (Lipinski definition) is 3. The first kappa shape index (κ1) is 11.5. The summed E-state index contributed by atoms with van der Waals surface area (Å²) in [6, 6.07) is 0. The Morgan fingerprint density at radius 3 is 2.31 bits per heavy atom. The third-order valence-corrected chi connectivity index (χ3v) is 3.17. The van der Waals surface area contributed by atoms with Crippen molar-refractivity contribution in [3.05, 3.63) is 23.8 Å². The van der Waals surface area contributed by atoms with E-state index in [4.69, 9.17) is 0 Å². The second kappa shape index (κ2) is 5.94. The minimum Gasteiger partial charge on any atom is -0.297 e. The standard InChI is InChI=1S/C13H21N3/c1-12-9-15-13(10-14-12)11-16-7-5-3-2-4-6-8-16/h9-10H,2-8,11H2,1H3. The topological polar surface area (TPSA) is 29.0 Å². The first-order valence-corrected chi connectivity index (χ1v) is 6.34. The number of nitrogens with zero attached hydrogens (tertiary/aromatic N) is 3. The lowest BCUT2D eigenvalue weighted by Gasteiger charge is -2.23. The van der Waals surface area contributed by atoms with Gasteiger partial charge in [-0.1, -0.05) is 19.3 Å². The molecule has 1 aliphatic rings. The lowest BCUT2D eigenvalue weighted by Crippen LogP contribution is -2.27. The second-order valence-electron chi connectivity index (χ2n) is 4.69. The summed E-state index contributed by atoms with van der Waals surface area (Å²) in [7, 11) is 0. The number of aryl methyl sites for hydroxylation is 1. The molecular weight excluding hydrogens is 198 g/mol. The summed E-state index contributed by atoms with van der Waals surface area (Å²) >= 11 is 0. The Morgan fingerprint density at radius 2 is 1.69 bits per heavy atom. The van der Waals surface area contributed by atoms with Crippen LogP contribution in [0.15, 0.2) is 12.4 Å². The summed E-state index contributed by atoms with van der Waals surface area (Å²) in [5, 5.41) is 0. The van der Waals surface area contributed by atoms with E-state index in [-0.39, 0.29) is 0 Å². The summed E-state index contributed by atoms with van der Waals surface area (Å²) in [5.41, 5.74) is 2.10. The highest BCUT2D eigenvalue weighted by molar-refractivity contribution is 5.00. The Balaban J connectivity index is 1.89. The van der Waals surface area contributed by atoms with Gasteiger partial charge < -0.3 is 0 Å². The van der Waals surface area contributed by atoms with Crippen LogP contribution < -0.4 is 0 Å². The molecule has 0 atom stereocenters. The smallest absolute Gasteiger partial charge is 0.0727 e. The molecule has 1 saturated heterocycles. The van der Waals surface area contributed by atoms with Crippen molar-refractivity contribution in [1.29, 1.82) is 0 Å². The van der Waals surface area contributed by atoms with Gasteiger partial charge >= 0.3 is 0 Å². The van der Waals surface area contributed by atoms with Crippen LogP contribution in [0.4, 0.5) is 0 Å². The van der Waals surface area contributed by atoms with Gasteiger partial charge in [0, 0.05) is 18.9 Å². The Hall–Kier alpha value is -0.960. The van der Waals surface area contributed by atoms with Gasteiger partial charge in [0.2, 0.25) is 0 Å². The van der Waals surface area contributed by atoms with Crippen LogP contribution in [0.5, 0.6) is 0 Å². The summed E-state index contributed by atoms with van der Waals surface area (Å²) < 4.78 is 0. The molecule has 0 aromatic carbocycles. The van der Waals surface area contributed by atoms with Crippen LogP contribution in [-0.4, -0.2) is 28.0 Å². The van der Waals surface area contributed by atoms with Crippen molar-refractivity contribution < 1.29 is 0 Å². The Morgan fingerprint density at radius 1 is 1.00 bits per heavy atom. The summed E-state index contributed by atoms with van der Waals surface area (Å²) in [5.74, 6) is 0. The van der Waals surface area contributed by atoms with E-state index in [1.54, 1.807) is 0 Å². The van der Waals surface area contributed by atoms with Crippen LogP contribution in [0.25, 0.3) is 0 Å². The fourth-order valence-electron chi connectivity index (χ4n) is 2.20. The van der Waals surface area contributed by atoms with E-state index in [0.29, 0.717) is 0 Å². The van der Waals surface area contributed by atoms with Crippen molar-refractivity contribution in [2.75, 3.05) is 13.1 Å². The van der Waals surface area contributed by atoms with Gasteiger partial charge in [0.25, 0.3) is 0 Å². The first-order chi connectivity index (χ1) is 7.84. The largest absolute Gasteiger partial charge is 0.297 e. The molecule has 0 saturated carbocycles.